The van der Waals surface area contributed by atoms with Gasteiger partial charge in [0.2, 0.25) is 5.91 Å². The summed E-state index contributed by atoms with van der Waals surface area (Å²) < 4.78 is 0. The second kappa shape index (κ2) is 6.59. The van der Waals surface area contributed by atoms with Crippen molar-refractivity contribution >= 4 is 11.9 Å². The van der Waals surface area contributed by atoms with E-state index >= 15 is 0 Å². The maximum Gasteiger partial charge on any atom is 0.307 e. The largest absolute Gasteiger partial charge is 0.481 e. The Morgan fingerprint density at radius 1 is 1.25 bits per heavy atom. The number of hydrogen-bond acceptors (Lipinski definition) is 2. The highest BCUT2D eigenvalue weighted by Crippen LogP contribution is 2.38. The molecule has 4 heteroatoms. The number of hydrogen-bond donors (Lipinski definition) is 2. The minimum Gasteiger partial charge on any atom is -0.481 e. The van der Waals surface area contributed by atoms with Crippen LogP contribution in [0.2, 0.25) is 0 Å². The van der Waals surface area contributed by atoms with E-state index in [1.165, 1.54) is 0 Å². The lowest BCUT2D eigenvalue weighted by Crippen LogP contribution is -2.39. The normalized spacial score (nSPS) is 28.1. The molecule has 1 amide bonds. The molecule has 1 fully saturated rings. The number of amides is 1. The monoisotopic (exact) mass is 283 g/mol. The van der Waals surface area contributed by atoms with E-state index in [9.17, 15) is 14.7 Å². The quantitative estimate of drug-likeness (QED) is 0.815. The Morgan fingerprint density at radius 2 is 1.80 bits per heavy atom. The highest BCUT2D eigenvalue weighted by atomic mass is 16.4. The first kappa shape index (κ1) is 17.0. The molecule has 0 aromatic heterocycles. The predicted molar refractivity (Wildman–Crippen MR) is 79.3 cm³/mol. The fraction of sp³-hybridized carbons (Fsp3) is 0.875. The third kappa shape index (κ3) is 4.22. The Labute approximate surface area is 122 Å². The van der Waals surface area contributed by atoms with Crippen molar-refractivity contribution in [2.24, 2.45) is 29.1 Å². The van der Waals surface area contributed by atoms with Crippen LogP contribution in [0, 0.1) is 29.1 Å². The molecular weight excluding hydrogens is 254 g/mol. The summed E-state index contributed by atoms with van der Waals surface area (Å²) in [4.78, 5) is 23.6. The predicted octanol–water partition coefficient (Wildman–Crippen LogP) is 2.92. The Hall–Kier alpha value is -1.06. The van der Waals surface area contributed by atoms with E-state index in [4.69, 9.17) is 0 Å². The van der Waals surface area contributed by atoms with Crippen molar-refractivity contribution in [2.45, 2.75) is 53.9 Å². The van der Waals surface area contributed by atoms with Crippen molar-refractivity contribution in [3.8, 4) is 0 Å². The molecule has 0 aromatic carbocycles. The number of aliphatic carboxylic acids is 1. The fourth-order valence-corrected chi connectivity index (χ4v) is 2.73. The van der Waals surface area contributed by atoms with Crippen LogP contribution in [0.4, 0.5) is 0 Å². The molecule has 0 aliphatic heterocycles. The molecular formula is C16H29NO3. The van der Waals surface area contributed by atoms with E-state index in [2.05, 4.69) is 39.9 Å². The van der Waals surface area contributed by atoms with Gasteiger partial charge in [0.15, 0.2) is 0 Å². The summed E-state index contributed by atoms with van der Waals surface area (Å²) in [5.41, 5.74) is 0.140. The first-order chi connectivity index (χ1) is 9.16. The second-order valence-electron chi connectivity index (χ2n) is 7.31. The minimum atomic E-state index is -0.829. The van der Waals surface area contributed by atoms with Crippen molar-refractivity contribution in [1.29, 1.82) is 0 Å². The molecule has 0 spiro atoms. The lowest BCUT2D eigenvalue weighted by Gasteiger charge is -2.28. The molecule has 0 bridgehead atoms. The van der Waals surface area contributed by atoms with Gasteiger partial charge in [-0.15, -0.1) is 0 Å². The number of nitrogens with one attached hydrogen (secondary N) is 1. The lowest BCUT2D eigenvalue weighted by atomic mass is 9.82. The van der Waals surface area contributed by atoms with Gasteiger partial charge < -0.3 is 10.4 Å². The topological polar surface area (TPSA) is 66.4 Å². The number of carboxylic acids is 1. The molecule has 1 aliphatic carbocycles. The molecule has 0 radical (unpaired) electrons. The molecule has 4 nitrogen and oxygen atoms in total. The zero-order valence-electron chi connectivity index (χ0n) is 13.4. The van der Waals surface area contributed by atoms with E-state index in [-0.39, 0.29) is 17.2 Å². The van der Waals surface area contributed by atoms with Gasteiger partial charge >= 0.3 is 5.97 Å². The fourth-order valence-electron chi connectivity index (χ4n) is 2.73. The van der Waals surface area contributed by atoms with Crippen LogP contribution < -0.4 is 5.32 Å². The van der Waals surface area contributed by atoms with Crippen LogP contribution in [0.3, 0.4) is 0 Å². The van der Waals surface area contributed by atoms with Crippen molar-refractivity contribution in [3.05, 3.63) is 0 Å². The zero-order chi connectivity index (χ0) is 15.5. The molecule has 116 valence electrons. The average molecular weight is 283 g/mol. The van der Waals surface area contributed by atoms with E-state index < -0.39 is 11.9 Å². The van der Waals surface area contributed by atoms with Gasteiger partial charge in [-0.3, -0.25) is 9.59 Å². The van der Waals surface area contributed by atoms with E-state index in [1.54, 1.807) is 0 Å². The van der Waals surface area contributed by atoms with Gasteiger partial charge in [-0.1, -0.05) is 41.0 Å². The van der Waals surface area contributed by atoms with Crippen molar-refractivity contribution in [2.75, 3.05) is 6.54 Å². The number of carbonyl (C=O) groups excluding carboxylic acids is 1. The Balaban J connectivity index is 2.59. The van der Waals surface area contributed by atoms with Crippen LogP contribution in [0.5, 0.6) is 0 Å². The van der Waals surface area contributed by atoms with Crippen LogP contribution in [0.15, 0.2) is 0 Å². The van der Waals surface area contributed by atoms with Crippen LogP contribution in [-0.2, 0) is 9.59 Å². The SMILES string of the molecule is CCC1C[C@H](C(=O)NCC(C)C(C)(C)C)[C@H](C(=O)O)C1. The average Bonchev–Trinajstić information content (AvgIpc) is 2.78. The molecule has 0 heterocycles. The summed E-state index contributed by atoms with van der Waals surface area (Å²) in [7, 11) is 0. The summed E-state index contributed by atoms with van der Waals surface area (Å²) in [6.45, 7) is 11.2. The van der Waals surface area contributed by atoms with E-state index in [0.717, 1.165) is 6.42 Å². The van der Waals surface area contributed by atoms with Crippen molar-refractivity contribution < 1.29 is 14.7 Å². The highest BCUT2D eigenvalue weighted by Gasteiger charge is 2.42. The van der Waals surface area contributed by atoms with Gasteiger partial charge in [-0.25, -0.2) is 0 Å². The molecule has 1 saturated carbocycles. The molecule has 1 aliphatic rings. The van der Waals surface area contributed by atoms with Gasteiger partial charge in [0.05, 0.1) is 11.8 Å². The molecule has 4 atom stereocenters. The summed E-state index contributed by atoms with van der Waals surface area (Å²) >= 11 is 0. The third-order valence-electron chi connectivity index (χ3n) is 4.95. The van der Waals surface area contributed by atoms with Crippen LogP contribution in [-0.4, -0.2) is 23.5 Å². The first-order valence-corrected chi connectivity index (χ1v) is 7.67. The number of rotatable bonds is 5. The Morgan fingerprint density at radius 3 is 2.25 bits per heavy atom. The van der Waals surface area contributed by atoms with Gasteiger partial charge in [-0.2, -0.15) is 0 Å². The zero-order valence-corrected chi connectivity index (χ0v) is 13.4. The second-order valence-corrected chi connectivity index (χ2v) is 7.31. The van der Waals surface area contributed by atoms with Gasteiger partial charge in [0.1, 0.15) is 0 Å². The van der Waals surface area contributed by atoms with Crippen LogP contribution >= 0.6 is 0 Å². The lowest BCUT2D eigenvalue weighted by molar-refractivity contribution is -0.146. The summed E-state index contributed by atoms with van der Waals surface area (Å²) in [6, 6.07) is 0. The number of carbonyl (C=O) groups is 2. The minimum absolute atomic E-state index is 0.0792. The third-order valence-corrected chi connectivity index (χ3v) is 4.95. The molecule has 0 saturated heterocycles. The van der Waals surface area contributed by atoms with Crippen molar-refractivity contribution in [3.63, 3.8) is 0 Å². The Bertz CT molecular complexity index is 359. The smallest absolute Gasteiger partial charge is 0.307 e. The van der Waals surface area contributed by atoms with Gasteiger partial charge in [-0.05, 0) is 30.1 Å². The first-order valence-electron chi connectivity index (χ1n) is 7.67. The van der Waals surface area contributed by atoms with Crippen LogP contribution in [0.1, 0.15) is 53.9 Å². The van der Waals surface area contributed by atoms with E-state index in [1.807, 2.05) is 0 Å². The summed E-state index contributed by atoms with van der Waals surface area (Å²) in [6.07, 6.45) is 2.30. The van der Waals surface area contributed by atoms with Crippen LogP contribution in [0.25, 0.3) is 0 Å². The maximum absolute atomic E-state index is 12.3. The highest BCUT2D eigenvalue weighted by molar-refractivity contribution is 5.85. The van der Waals surface area contributed by atoms with Gasteiger partial charge in [0.25, 0.3) is 0 Å². The van der Waals surface area contributed by atoms with Crippen molar-refractivity contribution in [1.82, 2.24) is 5.32 Å². The number of carboxylic acid groups (broad SMARTS) is 1. The summed E-state index contributed by atoms with van der Waals surface area (Å²) in [5, 5.41) is 12.2. The standard InChI is InChI=1S/C16H29NO3/c1-6-11-7-12(13(8-11)15(19)20)14(18)17-9-10(2)16(3,4)5/h10-13H,6-9H2,1-5H3,(H,17,18)(H,19,20)/t10?,11?,12-,13+/m0/s1. The maximum atomic E-state index is 12.3. The molecule has 1 rings (SSSR count). The molecule has 2 unspecified atom stereocenters. The molecule has 0 aromatic rings. The van der Waals surface area contributed by atoms with E-state index in [0.29, 0.717) is 31.2 Å². The molecule has 20 heavy (non-hydrogen) atoms. The van der Waals surface area contributed by atoms with Gasteiger partial charge in [0, 0.05) is 6.54 Å². The Kier molecular flexibility index (Phi) is 5.60. The molecule has 2 N–H and O–H groups in total. The summed E-state index contributed by atoms with van der Waals surface area (Å²) in [5.74, 6) is -1.05.